The quantitative estimate of drug-likeness (QED) is 0.691. The minimum Gasteiger partial charge on any atom is -0.469 e. The molecule has 0 heterocycles. The van der Waals surface area contributed by atoms with Gasteiger partial charge in [0, 0.05) is 6.42 Å². The van der Waals surface area contributed by atoms with Gasteiger partial charge in [0.05, 0.1) is 12.9 Å². The fourth-order valence-corrected chi connectivity index (χ4v) is 2.55. The molecule has 0 unspecified atom stereocenters. The first kappa shape index (κ1) is 18.9. The highest BCUT2D eigenvalue weighted by atomic mass is 32.2. The van der Waals surface area contributed by atoms with Crippen molar-refractivity contribution in [3.63, 3.8) is 0 Å². The van der Waals surface area contributed by atoms with Gasteiger partial charge in [0.1, 0.15) is 11.6 Å². The summed E-state index contributed by atoms with van der Waals surface area (Å²) in [7, 11) is -2.41. The van der Waals surface area contributed by atoms with E-state index in [0.29, 0.717) is 0 Å². The normalized spacial score (nSPS) is 13.7. The summed E-state index contributed by atoms with van der Waals surface area (Å²) in [5.41, 5.74) is -0.679. The van der Waals surface area contributed by atoms with E-state index < -0.39 is 33.6 Å². The van der Waals surface area contributed by atoms with E-state index in [0.717, 1.165) is 0 Å². The molecule has 1 N–H and O–H groups in total. The van der Waals surface area contributed by atoms with Gasteiger partial charge in [-0.25, -0.2) is 13.1 Å². The summed E-state index contributed by atoms with van der Waals surface area (Å²) >= 11 is 0. The second-order valence-electron chi connectivity index (χ2n) is 5.37. The lowest BCUT2D eigenvalue weighted by Crippen LogP contribution is -2.43. The lowest BCUT2D eigenvalue weighted by molar-refractivity contribution is -0.156. The SMILES string of the molecule is COC(=O)CCCS(=O)(=O)N[C@H](C)C(=O)OC(C)(C)C. The fourth-order valence-electron chi connectivity index (χ4n) is 1.28. The van der Waals surface area contributed by atoms with Crippen molar-refractivity contribution in [2.24, 2.45) is 0 Å². The average molecular weight is 309 g/mol. The van der Waals surface area contributed by atoms with Crippen LogP contribution in [0.2, 0.25) is 0 Å². The van der Waals surface area contributed by atoms with Crippen LogP contribution in [0.1, 0.15) is 40.5 Å². The smallest absolute Gasteiger partial charge is 0.324 e. The van der Waals surface area contributed by atoms with Crippen molar-refractivity contribution in [3.8, 4) is 0 Å². The number of ether oxygens (including phenoxy) is 2. The van der Waals surface area contributed by atoms with Gasteiger partial charge in [-0.15, -0.1) is 0 Å². The van der Waals surface area contributed by atoms with Crippen LogP contribution in [0.5, 0.6) is 0 Å². The van der Waals surface area contributed by atoms with E-state index in [1.807, 2.05) is 0 Å². The van der Waals surface area contributed by atoms with Crippen LogP contribution in [0.3, 0.4) is 0 Å². The Morgan fingerprint density at radius 2 is 1.80 bits per heavy atom. The van der Waals surface area contributed by atoms with Gasteiger partial charge in [-0.2, -0.15) is 0 Å². The number of carbonyl (C=O) groups excluding carboxylic acids is 2. The Morgan fingerprint density at radius 3 is 2.25 bits per heavy atom. The van der Waals surface area contributed by atoms with Crippen molar-refractivity contribution in [3.05, 3.63) is 0 Å². The number of carbonyl (C=O) groups is 2. The first-order chi connectivity index (χ1) is 8.97. The third-order valence-electron chi connectivity index (χ3n) is 2.14. The molecule has 1 atom stereocenters. The highest BCUT2D eigenvalue weighted by Gasteiger charge is 2.25. The van der Waals surface area contributed by atoms with E-state index in [-0.39, 0.29) is 18.6 Å². The summed E-state index contributed by atoms with van der Waals surface area (Å²) in [6.45, 7) is 6.50. The molecule has 0 bridgehead atoms. The Bertz CT molecular complexity index is 437. The molecule has 0 aliphatic heterocycles. The highest BCUT2D eigenvalue weighted by Crippen LogP contribution is 2.09. The van der Waals surface area contributed by atoms with Gasteiger partial charge in [0.25, 0.3) is 0 Å². The van der Waals surface area contributed by atoms with Crippen LogP contribution >= 0.6 is 0 Å². The van der Waals surface area contributed by atoms with Crippen LogP contribution in [-0.2, 0) is 29.1 Å². The lowest BCUT2D eigenvalue weighted by atomic mass is 10.2. The molecule has 0 aromatic rings. The third-order valence-corrected chi connectivity index (χ3v) is 3.68. The lowest BCUT2D eigenvalue weighted by Gasteiger charge is -2.22. The second kappa shape index (κ2) is 7.58. The third kappa shape index (κ3) is 8.87. The molecular formula is C12H23NO6S. The topological polar surface area (TPSA) is 98.8 Å². The molecule has 0 aliphatic rings. The van der Waals surface area contributed by atoms with Gasteiger partial charge >= 0.3 is 11.9 Å². The molecule has 7 nitrogen and oxygen atoms in total. The Hall–Kier alpha value is -1.15. The number of nitrogens with one attached hydrogen (secondary N) is 1. The molecule has 0 fully saturated rings. The molecular weight excluding hydrogens is 286 g/mol. The molecule has 8 heteroatoms. The molecule has 0 aromatic carbocycles. The van der Waals surface area contributed by atoms with E-state index >= 15 is 0 Å². The fraction of sp³-hybridized carbons (Fsp3) is 0.833. The number of methoxy groups -OCH3 is 1. The number of esters is 2. The predicted molar refractivity (Wildman–Crippen MR) is 73.5 cm³/mol. The molecule has 0 aliphatic carbocycles. The number of rotatable bonds is 7. The number of sulfonamides is 1. The summed E-state index contributed by atoms with van der Waals surface area (Å²) in [5, 5.41) is 0. The Kier molecular flexibility index (Phi) is 7.15. The van der Waals surface area contributed by atoms with Crippen LogP contribution in [0, 0.1) is 0 Å². The Balaban J connectivity index is 4.32. The van der Waals surface area contributed by atoms with E-state index in [4.69, 9.17) is 4.74 Å². The zero-order valence-electron chi connectivity index (χ0n) is 12.6. The van der Waals surface area contributed by atoms with Crippen molar-refractivity contribution in [1.29, 1.82) is 0 Å². The van der Waals surface area contributed by atoms with Gasteiger partial charge in [0.15, 0.2) is 0 Å². The van der Waals surface area contributed by atoms with Gasteiger partial charge in [-0.05, 0) is 34.1 Å². The maximum absolute atomic E-state index is 11.7. The Morgan fingerprint density at radius 1 is 1.25 bits per heavy atom. The largest absolute Gasteiger partial charge is 0.469 e. The predicted octanol–water partition coefficient (Wildman–Crippen LogP) is 0.589. The molecule has 0 radical (unpaired) electrons. The van der Waals surface area contributed by atoms with Crippen LogP contribution in [-0.4, -0.2) is 44.9 Å². The van der Waals surface area contributed by atoms with E-state index in [1.54, 1.807) is 20.8 Å². The van der Waals surface area contributed by atoms with Crippen molar-refractivity contribution in [2.45, 2.75) is 52.2 Å². The maximum atomic E-state index is 11.7. The van der Waals surface area contributed by atoms with Crippen LogP contribution in [0.15, 0.2) is 0 Å². The van der Waals surface area contributed by atoms with Crippen LogP contribution < -0.4 is 4.72 Å². The summed E-state index contributed by atoms with van der Waals surface area (Å²) in [4.78, 5) is 22.5. The van der Waals surface area contributed by atoms with Crippen LogP contribution in [0.4, 0.5) is 0 Å². The number of hydrogen-bond acceptors (Lipinski definition) is 6. The summed E-state index contributed by atoms with van der Waals surface area (Å²) < 4.78 is 35.1. The van der Waals surface area contributed by atoms with Crippen molar-refractivity contribution < 1.29 is 27.5 Å². The molecule has 0 saturated carbocycles. The minimum absolute atomic E-state index is 0.0121. The number of hydrogen-bond donors (Lipinski definition) is 1. The molecule has 118 valence electrons. The van der Waals surface area contributed by atoms with Crippen LogP contribution in [0.25, 0.3) is 0 Å². The van der Waals surface area contributed by atoms with Gasteiger partial charge < -0.3 is 9.47 Å². The van der Waals surface area contributed by atoms with Gasteiger partial charge in [-0.1, -0.05) is 0 Å². The highest BCUT2D eigenvalue weighted by molar-refractivity contribution is 7.89. The zero-order valence-corrected chi connectivity index (χ0v) is 13.4. The maximum Gasteiger partial charge on any atom is 0.324 e. The summed E-state index contributed by atoms with van der Waals surface area (Å²) in [6, 6.07) is -0.975. The first-order valence-electron chi connectivity index (χ1n) is 6.26. The molecule has 0 amide bonds. The summed E-state index contributed by atoms with van der Waals surface area (Å²) in [5.74, 6) is -1.37. The molecule has 0 rings (SSSR count). The van der Waals surface area contributed by atoms with Gasteiger partial charge in [0.2, 0.25) is 10.0 Å². The van der Waals surface area contributed by atoms with E-state index in [1.165, 1.54) is 14.0 Å². The van der Waals surface area contributed by atoms with E-state index in [9.17, 15) is 18.0 Å². The molecule has 0 spiro atoms. The molecule has 0 aromatic heterocycles. The first-order valence-corrected chi connectivity index (χ1v) is 7.92. The standard InChI is InChI=1S/C12H23NO6S/c1-9(11(15)19-12(2,3)4)13-20(16,17)8-6-7-10(14)18-5/h9,13H,6-8H2,1-5H3/t9-/m1/s1. The van der Waals surface area contributed by atoms with E-state index in [2.05, 4.69) is 9.46 Å². The van der Waals surface area contributed by atoms with Crippen molar-refractivity contribution in [2.75, 3.05) is 12.9 Å². The zero-order chi connectivity index (χ0) is 16.0. The van der Waals surface area contributed by atoms with Crippen molar-refractivity contribution >= 4 is 22.0 Å². The van der Waals surface area contributed by atoms with Crippen molar-refractivity contribution in [1.82, 2.24) is 4.72 Å². The second-order valence-corrected chi connectivity index (χ2v) is 7.25. The van der Waals surface area contributed by atoms with Gasteiger partial charge in [-0.3, -0.25) is 9.59 Å². The molecule has 0 saturated heterocycles. The average Bonchev–Trinajstić information content (AvgIpc) is 2.25. The Labute approximate surface area is 120 Å². The summed E-state index contributed by atoms with van der Waals surface area (Å²) in [6.07, 6.45) is 0.140. The molecule has 20 heavy (non-hydrogen) atoms. The monoisotopic (exact) mass is 309 g/mol. The minimum atomic E-state index is -3.64.